The number of ether oxygens (including phenoxy) is 1. The molecule has 22 heavy (non-hydrogen) atoms. The third kappa shape index (κ3) is 1.12. The summed E-state index contributed by atoms with van der Waals surface area (Å²) in [4.78, 5) is 24.9. The zero-order chi connectivity index (χ0) is 15.1. The smallest absolute Gasteiger partial charge is 0.321 e. The molecule has 0 radical (unpaired) electrons. The van der Waals surface area contributed by atoms with Crippen molar-refractivity contribution in [2.24, 2.45) is 11.3 Å². The molecule has 0 spiro atoms. The van der Waals surface area contributed by atoms with Crippen LogP contribution in [0.25, 0.3) is 0 Å². The molecule has 2 aromatic carbocycles. The van der Waals surface area contributed by atoms with Crippen LogP contribution in [0.1, 0.15) is 41.0 Å². The lowest BCUT2D eigenvalue weighted by Gasteiger charge is -2.50. The highest BCUT2D eigenvalue weighted by atomic mass is 16.6. The van der Waals surface area contributed by atoms with Crippen LogP contribution in [0.5, 0.6) is 0 Å². The molecule has 1 saturated heterocycles. The standard InChI is InChI=1S/C19H14O3/c1-19-15-12-8-4-2-6-10(12)14(11-7-3-5-9-13(11)15)16(19)17(20)22-18(19)21/h2-9,14-16H,1H3/t14?,15?,16-,19+/m1/s1. The molecule has 0 unspecified atom stereocenters. The molecule has 0 N–H and O–H groups in total. The number of carbonyl (C=O) groups is 2. The molecule has 3 aliphatic carbocycles. The molecule has 2 bridgehead atoms. The Morgan fingerprint density at radius 2 is 1.36 bits per heavy atom. The largest absolute Gasteiger partial charge is 0.392 e. The number of hydrogen-bond acceptors (Lipinski definition) is 3. The third-order valence-electron chi connectivity index (χ3n) is 5.75. The van der Waals surface area contributed by atoms with Crippen molar-refractivity contribution in [3.05, 3.63) is 70.8 Å². The van der Waals surface area contributed by atoms with Gasteiger partial charge < -0.3 is 4.74 Å². The molecule has 4 aliphatic rings. The van der Waals surface area contributed by atoms with Crippen molar-refractivity contribution in [1.29, 1.82) is 0 Å². The first kappa shape index (κ1) is 12.2. The number of hydrogen-bond donors (Lipinski definition) is 0. The molecule has 108 valence electrons. The second kappa shape index (κ2) is 3.67. The molecule has 0 saturated carbocycles. The average molecular weight is 290 g/mol. The van der Waals surface area contributed by atoms with Gasteiger partial charge in [-0.2, -0.15) is 0 Å². The van der Waals surface area contributed by atoms with Gasteiger partial charge in [-0.05, 0) is 29.2 Å². The van der Waals surface area contributed by atoms with Gasteiger partial charge in [0.15, 0.2) is 0 Å². The summed E-state index contributed by atoms with van der Waals surface area (Å²) in [5.41, 5.74) is 3.87. The van der Waals surface area contributed by atoms with Gasteiger partial charge in [0.1, 0.15) is 0 Å². The molecular weight excluding hydrogens is 276 g/mol. The molecule has 0 amide bonds. The first-order chi connectivity index (χ1) is 10.6. The van der Waals surface area contributed by atoms with Gasteiger partial charge in [0.2, 0.25) is 0 Å². The molecular formula is C19H14O3. The van der Waals surface area contributed by atoms with E-state index in [1.54, 1.807) is 0 Å². The van der Waals surface area contributed by atoms with E-state index in [1.807, 2.05) is 31.2 Å². The van der Waals surface area contributed by atoms with Crippen molar-refractivity contribution >= 4 is 11.9 Å². The van der Waals surface area contributed by atoms with Gasteiger partial charge >= 0.3 is 11.9 Å². The second-order valence-electron chi connectivity index (χ2n) is 6.64. The zero-order valence-electron chi connectivity index (χ0n) is 12.1. The van der Waals surface area contributed by atoms with Gasteiger partial charge in [0, 0.05) is 11.8 Å². The van der Waals surface area contributed by atoms with Gasteiger partial charge in [0.05, 0.1) is 11.3 Å². The van der Waals surface area contributed by atoms with E-state index in [0.717, 1.165) is 11.1 Å². The number of esters is 2. The monoisotopic (exact) mass is 290 g/mol. The fourth-order valence-corrected chi connectivity index (χ4v) is 4.87. The van der Waals surface area contributed by atoms with Crippen LogP contribution < -0.4 is 0 Å². The van der Waals surface area contributed by atoms with Crippen molar-refractivity contribution < 1.29 is 14.3 Å². The van der Waals surface area contributed by atoms with Crippen LogP contribution in [-0.4, -0.2) is 11.9 Å². The van der Waals surface area contributed by atoms with E-state index in [0.29, 0.717) is 0 Å². The predicted octanol–water partition coefficient (Wildman–Crippen LogP) is 2.98. The van der Waals surface area contributed by atoms with E-state index in [-0.39, 0.29) is 23.8 Å². The van der Waals surface area contributed by atoms with Crippen LogP contribution in [0.2, 0.25) is 0 Å². The summed E-state index contributed by atoms with van der Waals surface area (Å²) in [6, 6.07) is 16.3. The first-order valence-electron chi connectivity index (χ1n) is 7.58. The minimum Gasteiger partial charge on any atom is -0.392 e. The van der Waals surface area contributed by atoms with E-state index in [9.17, 15) is 9.59 Å². The van der Waals surface area contributed by atoms with E-state index in [2.05, 4.69) is 24.3 Å². The van der Waals surface area contributed by atoms with Crippen LogP contribution in [0, 0.1) is 11.3 Å². The predicted molar refractivity (Wildman–Crippen MR) is 79.3 cm³/mol. The SMILES string of the molecule is C[C@@]12C(=O)OC(=O)[C@H]1C1c3ccccc3C2c2ccccc21. The molecule has 1 fully saturated rings. The van der Waals surface area contributed by atoms with E-state index in [1.165, 1.54) is 11.1 Å². The molecule has 3 nitrogen and oxygen atoms in total. The number of rotatable bonds is 0. The summed E-state index contributed by atoms with van der Waals surface area (Å²) >= 11 is 0. The van der Waals surface area contributed by atoms with Crippen LogP contribution in [-0.2, 0) is 14.3 Å². The van der Waals surface area contributed by atoms with Crippen molar-refractivity contribution in [2.45, 2.75) is 18.8 Å². The highest BCUT2D eigenvalue weighted by Gasteiger charge is 2.67. The summed E-state index contributed by atoms with van der Waals surface area (Å²) < 4.78 is 5.08. The molecule has 0 aromatic heterocycles. The Balaban J connectivity index is 1.92. The van der Waals surface area contributed by atoms with Crippen LogP contribution in [0.4, 0.5) is 0 Å². The molecule has 1 heterocycles. The number of benzene rings is 2. The molecule has 2 aromatic rings. The maximum Gasteiger partial charge on any atom is 0.321 e. The highest BCUT2D eigenvalue weighted by molar-refractivity contribution is 6.02. The minimum atomic E-state index is -0.787. The van der Waals surface area contributed by atoms with Crippen molar-refractivity contribution in [3.63, 3.8) is 0 Å². The minimum absolute atomic E-state index is 0.0821. The van der Waals surface area contributed by atoms with Gasteiger partial charge in [-0.25, -0.2) is 0 Å². The molecule has 6 rings (SSSR count). The van der Waals surface area contributed by atoms with E-state index in [4.69, 9.17) is 4.74 Å². The Kier molecular flexibility index (Phi) is 2.03. The van der Waals surface area contributed by atoms with Gasteiger partial charge in [-0.1, -0.05) is 48.5 Å². The van der Waals surface area contributed by atoms with E-state index >= 15 is 0 Å². The number of cyclic esters (lactones) is 2. The summed E-state index contributed by atoms with van der Waals surface area (Å²) in [6.45, 7) is 1.90. The lowest BCUT2D eigenvalue weighted by atomic mass is 9.48. The van der Waals surface area contributed by atoms with Gasteiger partial charge in [-0.3, -0.25) is 9.59 Å². The Morgan fingerprint density at radius 3 is 1.91 bits per heavy atom. The Morgan fingerprint density at radius 1 is 0.864 bits per heavy atom. The molecule has 3 heteroatoms. The third-order valence-corrected chi connectivity index (χ3v) is 5.75. The van der Waals surface area contributed by atoms with Crippen LogP contribution in [0.15, 0.2) is 48.5 Å². The Labute approximate surface area is 127 Å². The first-order valence-corrected chi connectivity index (χ1v) is 7.58. The Bertz CT molecular complexity index is 806. The molecule has 2 atom stereocenters. The lowest BCUT2D eigenvalue weighted by Crippen LogP contribution is -2.49. The van der Waals surface area contributed by atoms with Crippen molar-refractivity contribution in [1.82, 2.24) is 0 Å². The fraction of sp³-hybridized carbons (Fsp3) is 0.263. The zero-order valence-corrected chi connectivity index (χ0v) is 12.1. The summed E-state index contributed by atoms with van der Waals surface area (Å²) in [6.07, 6.45) is 0. The van der Waals surface area contributed by atoms with Gasteiger partial charge in [0.25, 0.3) is 0 Å². The summed E-state index contributed by atoms with van der Waals surface area (Å²) in [5, 5.41) is 0. The fourth-order valence-electron chi connectivity index (χ4n) is 4.87. The Hall–Kier alpha value is -2.42. The normalized spacial score (nSPS) is 34.0. The average Bonchev–Trinajstić information content (AvgIpc) is 2.77. The topological polar surface area (TPSA) is 43.4 Å². The molecule has 1 aliphatic heterocycles. The van der Waals surface area contributed by atoms with Crippen LogP contribution in [0.3, 0.4) is 0 Å². The van der Waals surface area contributed by atoms with Crippen molar-refractivity contribution in [3.8, 4) is 0 Å². The maximum absolute atomic E-state index is 12.5. The van der Waals surface area contributed by atoms with Crippen LogP contribution >= 0.6 is 0 Å². The summed E-state index contributed by atoms with van der Waals surface area (Å²) in [7, 11) is 0. The quantitative estimate of drug-likeness (QED) is 0.553. The highest BCUT2D eigenvalue weighted by Crippen LogP contribution is 2.66. The number of carbonyl (C=O) groups excluding carboxylic acids is 2. The van der Waals surface area contributed by atoms with Crippen molar-refractivity contribution in [2.75, 3.05) is 0 Å². The van der Waals surface area contributed by atoms with E-state index < -0.39 is 11.3 Å². The maximum atomic E-state index is 12.5. The van der Waals surface area contributed by atoms with Gasteiger partial charge in [-0.15, -0.1) is 0 Å². The lowest BCUT2D eigenvalue weighted by molar-refractivity contribution is -0.155. The summed E-state index contributed by atoms with van der Waals surface area (Å²) in [5.74, 6) is -1.34. The second-order valence-corrected chi connectivity index (χ2v) is 6.64.